The number of aliphatic hydroxyl groups excluding tert-OH is 2. The van der Waals surface area contributed by atoms with Crippen LogP contribution >= 0.6 is 0 Å². The molecule has 0 heterocycles. The van der Waals surface area contributed by atoms with E-state index in [2.05, 4.69) is 0 Å². The maximum Gasteiger partial charge on any atom is 2.00 e. The molecule has 2 rings (SSSR count). The fourth-order valence-corrected chi connectivity index (χ4v) is 3.28. The van der Waals surface area contributed by atoms with Gasteiger partial charge in [0.15, 0.2) is 0 Å². The number of rotatable bonds is 1. The van der Waals surface area contributed by atoms with Crippen LogP contribution < -0.4 is 0 Å². The molecule has 0 radical (unpaired) electrons. The summed E-state index contributed by atoms with van der Waals surface area (Å²) in [7, 11) is 0. The van der Waals surface area contributed by atoms with Crippen molar-refractivity contribution in [2.75, 3.05) is 0 Å². The van der Waals surface area contributed by atoms with Crippen molar-refractivity contribution in [1.29, 1.82) is 0 Å². The van der Waals surface area contributed by atoms with Crippen LogP contribution in [0.25, 0.3) is 0 Å². The summed E-state index contributed by atoms with van der Waals surface area (Å²) in [5.41, 5.74) is 0. The van der Waals surface area contributed by atoms with Crippen molar-refractivity contribution in [3.63, 3.8) is 0 Å². The molecule has 100 valence electrons. The summed E-state index contributed by atoms with van der Waals surface area (Å²) in [6.45, 7) is 0. The van der Waals surface area contributed by atoms with E-state index < -0.39 is 0 Å². The molecule has 0 amide bonds. The first kappa shape index (κ1) is 20.0. The molecular formula is C14H28O2Ti. The van der Waals surface area contributed by atoms with Crippen LogP contribution in [0.1, 0.15) is 51.4 Å². The quantitative estimate of drug-likeness (QED) is 0.571. The van der Waals surface area contributed by atoms with Gasteiger partial charge in [-0.25, -0.2) is 0 Å². The second-order valence-corrected chi connectivity index (χ2v) is 5.03. The Bertz CT molecular complexity index is 167. The van der Waals surface area contributed by atoms with E-state index in [1.54, 1.807) is 0 Å². The smallest absolute Gasteiger partial charge is 0.393 e. The SMILES string of the molecule is OC1CCCCC1C1CCCCC1O.[CH3-].[CH3-].[Ti+2]. The Morgan fingerprint density at radius 3 is 1.18 bits per heavy atom. The summed E-state index contributed by atoms with van der Waals surface area (Å²) in [6, 6.07) is 0. The third kappa shape index (κ3) is 5.02. The summed E-state index contributed by atoms with van der Waals surface area (Å²) in [4.78, 5) is 0. The summed E-state index contributed by atoms with van der Waals surface area (Å²) in [6.07, 6.45) is 8.70. The van der Waals surface area contributed by atoms with E-state index in [1.807, 2.05) is 0 Å². The molecule has 17 heavy (non-hydrogen) atoms. The van der Waals surface area contributed by atoms with Crippen LogP contribution in [0.4, 0.5) is 0 Å². The first-order valence-electron chi connectivity index (χ1n) is 6.15. The molecule has 2 aliphatic carbocycles. The fraction of sp³-hybridized carbons (Fsp3) is 0.857. The first-order valence-corrected chi connectivity index (χ1v) is 6.15. The molecule has 4 atom stereocenters. The molecule has 2 nitrogen and oxygen atoms in total. The zero-order chi connectivity index (χ0) is 9.97. The molecule has 2 saturated carbocycles. The maximum atomic E-state index is 9.93. The predicted octanol–water partition coefficient (Wildman–Crippen LogP) is 2.99. The Kier molecular flexibility index (Phi) is 11.2. The number of aliphatic hydroxyl groups is 2. The summed E-state index contributed by atoms with van der Waals surface area (Å²) in [5, 5.41) is 19.9. The van der Waals surface area contributed by atoms with Crippen LogP contribution in [0, 0.1) is 26.7 Å². The van der Waals surface area contributed by atoms with Gasteiger partial charge in [0.05, 0.1) is 12.2 Å². The Balaban J connectivity index is 0. The van der Waals surface area contributed by atoms with Gasteiger partial charge in [-0.1, -0.05) is 25.7 Å². The molecule has 2 N–H and O–H groups in total. The molecule has 4 unspecified atom stereocenters. The largest absolute Gasteiger partial charge is 2.00 e. The van der Waals surface area contributed by atoms with Crippen molar-refractivity contribution in [2.24, 2.45) is 11.8 Å². The van der Waals surface area contributed by atoms with E-state index in [0.717, 1.165) is 25.7 Å². The van der Waals surface area contributed by atoms with Crippen LogP contribution in [0.2, 0.25) is 0 Å². The molecular weight excluding hydrogens is 248 g/mol. The summed E-state index contributed by atoms with van der Waals surface area (Å²) >= 11 is 0. The Labute approximate surface area is 122 Å². The van der Waals surface area contributed by atoms with Crippen LogP contribution in [0.3, 0.4) is 0 Å². The van der Waals surface area contributed by atoms with Crippen LogP contribution in [0.5, 0.6) is 0 Å². The van der Waals surface area contributed by atoms with Gasteiger partial charge < -0.3 is 25.1 Å². The predicted molar refractivity (Wildman–Crippen MR) is 68.8 cm³/mol. The van der Waals surface area contributed by atoms with Crippen molar-refractivity contribution in [1.82, 2.24) is 0 Å². The molecule has 0 saturated heterocycles. The normalized spacial score (nSPS) is 37.1. The molecule has 3 heteroatoms. The van der Waals surface area contributed by atoms with E-state index in [0.29, 0.717) is 11.8 Å². The van der Waals surface area contributed by atoms with Crippen LogP contribution in [-0.4, -0.2) is 22.4 Å². The average molecular weight is 276 g/mol. The van der Waals surface area contributed by atoms with E-state index in [9.17, 15) is 10.2 Å². The Hall–Kier alpha value is 0.634. The standard InChI is InChI=1S/C12H22O2.2CH3.Ti/c13-11-7-3-1-5-9(11)10-6-2-4-8-12(10)14;;;/h9-14H,1-8H2;2*1H3;/q;2*-1;+2. The fourth-order valence-electron chi connectivity index (χ4n) is 3.28. The van der Waals surface area contributed by atoms with Gasteiger partial charge >= 0.3 is 21.7 Å². The van der Waals surface area contributed by atoms with Crippen molar-refractivity contribution in [3.8, 4) is 0 Å². The first-order chi connectivity index (χ1) is 6.79. The third-order valence-corrected chi connectivity index (χ3v) is 4.11. The molecule has 0 spiro atoms. The molecule has 2 aliphatic rings. The van der Waals surface area contributed by atoms with Gasteiger partial charge in [0.1, 0.15) is 0 Å². The molecule has 2 fully saturated rings. The second-order valence-electron chi connectivity index (χ2n) is 5.03. The minimum Gasteiger partial charge on any atom is -0.393 e. The van der Waals surface area contributed by atoms with E-state index >= 15 is 0 Å². The van der Waals surface area contributed by atoms with Crippen LogP contribution in [0.15, 0.2) is 0 Å². The van der Waals surface area contributed by atoms with Crippen LogP contribution in [-0.2, 0) is 21.7 Å². The molecule has 0 aromatic heterocycles. The van der Waals surface area contributed by atoms with E-state index in [4.69, 9.17) is 0 Å². The van der Waals surface area contributed by atoms with Gasteiger partial charge in [-0.2, -0.15) is 0 Å². The second kappa shape index (κ2) is 9.55. The van der Waals surface area contributed by atoms with Gasteiger partial charge in [-0.3, -0.25) is 0 Å². The minimum atomic E-state index is -0.138. The van der Waals surface area contributed by atoms with E-state index in [-0.39, 0.29) is 48.8 Å². The van der Waals surface area contributed by atoms with Gasteiger partial charge in [0, 0.05) is 0 Å². The van der Waals surface area contributed by atoms with Crippen molar-refractivity contribution >= 4 is 0 Å². The topological polar surface area (TPSA) is 40.5 Å². The Morgan fingerprint density at radius 1 is 0.588 bits per heavy atom. The van der Waals surface area contributed by atoms with Crippen molar-refractivity contribution in [3.05, 3.63) is 14.9 Å². The number of hydrogen-bond donors (Lipinski definition) is 2. The summed E-state index contributed by atoms with van der Waals surface area (Å²) < 4.78 is 0. The van der Waals surface area contributed by atoms with Crippen molar-refractivity contribution in [2.45, 2.75) is 63.6 Å². The van der Waals surface area contributed by atoms with E-state index in [1.165, 1.54) is 25.7 Å². The van der Waals surface area contributed by atoms with Gasteiger partial charge in [-0.05, 0) is 37.5 Å². The monoisotopic (exact) mass is 276 g/mol. The third-order valence-electron chi connectivity index (χ3n) is 4.11. The summed E-state index contributed by atoms with van der Waals surface area (Å²) in [5.74, 6) is 0.776. The average Bonchev–Trinajstić information content (AvgIpc) is 2.20. The number of hydrogen-bond acceptors (Lipinski definition) is 2. The Morgan fingerprint density at radius 2 is 0.882 bits per heavy atom. The van der Waals surface area contributed by atoms with Crippen molar-refractivity contribution < 1.29 is 31.9 Å². The molecule has 0 aromatic carbocycles. The van der Waals surface area contributed by atoms with Gasteiger partial charge in [0.25, 0.3) is 0 Å². The zero-order valence-corrected chi connectivity index (χ0v) is 12.9. The zero-order valence-electron chi connectivity index (χ0n) is 11.4. The van der Waals surface area contributed by atoms with Gasteiger partial charge in [-0.15, -0.1) is 0 Å². The minimum absolute atomic E-state index is 0. The maximum absolute atomic E-state index is 9.93. The molecule has 0 aromatic rings. The van der Waals surface area contributed by atoms with Gasteiger partial charge in [0.2, 0.25) is 0 Å². The molecule has 0 aliphatic heterocycles. The molecule has 0 bridgehead atoms.